The average Bonchev–Trinajstić information content (AvgIpc) is 3.02. The predicted octanol–water partition coefficient (Wildman–Crippen LogP) is 4.91. The van der Waals surface area contributed by atoms with Gasteiger partial charge in [0.1, 0.15) is 5.82 Å². The highest BCUT2D eigenvalue weighted by molar-refractivity contribution is 5.94. The third kappa shape index (κ3) is 3.18. The molecule has 2 aromatic carbocycles. The molecule has 0 atom stereocenters. The Morgan fingerprint density at radius 3 is 2.62 bits per heavy atom. The standard InChI is InChI=1S/C20H23N3O/c1-4-14(5-2)20(24)23-18-12-15(11-10-13(18)3)19-21-16-8-6-7-9-17(16)22-19/h6-12,14H,4-5H2,1-3H3,(H,21,22)(H,23,24). The molecule has 1 aromatic heterocycles. The number of rotatable bonds is 5. The Morgan fingerprint density at radius 1 is 1.17 bits per heavy atom. The first-order chi connectivity index (χ1) is 11.6. The number of benzene rings is 2. The summed E-state index contributed by atoms with van der Waals surface area (Å²) in [4.78, 5) is 20.3. The summed E-state index contributed by atoms with van der Waals surface area (Å²) in [5, 5.41) is 3.08. The average molecular weight is 321 g/mol. The van der Waals surface area contributed by atoms with E-state index >= 15 is 0 Å². The van der Waals surface area contributed by atoms with Gasteiger partial charge in [-0.25, -0.2) is 4.98 Å². The Balaban J connectivity index is 1.92. The van der Waals surface area contributed by atoms with Gasteiger partial charge in [-0.15, -0.1) is 0 Å². The molecule has 0 spiro atoms. The van der Waals surface area contributed by atoms with Crippen molar-refractivity contribution in [3.8, 4) is 11.4 Å². The molecule has 1 heterocycles. The van der Waals surface area contributed by atoms with Gasteiger partial charge in [0.15, 0.2) is 0 Å². The van der Waals surface area contributed by atoms with E-state index in [4.69, 9.17) is 0 Å². The minimum atomic E-state index is 0.0549. The molecule has 0 bridgehead atoms. The Bertz CT molecular complexity index is 829. The maximum atomic E-state index is 12.4. The quantitative estimate of drug-likeness (QED) is 0.701. The molecular weight excluding hydrogens is 298 g/mol. The van der Waals surface area contributed by atoms with E-state index in [0.717, 1.165) is 46.5 Å². The molecule has 0 radical (unpaired) electrons. The molecule has 0 aliphatic heterocycles. The van der Waals surface area contributed by atoms with Crippen LogP contribution in [0.15, 0.2) is 42.5 Å². The Morgan fingerprint density at radius 2 is 1.92 bits per heavy atom. The molecule has 1 amide bonds. The van der Waals surface area contributed by atoms with E-state index in [-0.39, 0.29) is 11.8 Å². The first-order valence-corrected chi connectivity index (χ1v) is 8.49. The van der Waals surface area contributed by atoms with E-state index < -0.39 is 0 Å². The van der Waals surface area contributed by atoms with Crippen LogP contribution in [0.4, 0.5) is 5.69 Å². The Kier molecular flexibility index (Phi) is 4.65. The maximum Gasteiger partial charge on any atom is 0.227 e. The molecule has 4 nitrogen and oxygen atoms in total. The lowest BCUT2D eigenvalue weighted by molar-refractivity contribution is -0.120. The monoisotopic (exact) mass is 321 g/mol. The van der Waals surface area contributed by atoms with Crippen molar-refractivity contribution in [3.05, 3.63) is 48.0 Å². The highest BCUT2D eigenvalue weighted by Crippen LogP contribution is 2.26. The van der Waals surface area contributed by atoms with Crippen LogP contribution in [0.2, 0.25) is 0 Å². The zero-order valence-corrected chi connectivity index (χ0v) is 14.4. The predicted molar refractivity (Wildman–Crippen MR) is 99.0 cm³/mol. The van der Waals surface area contributed by atoms with Gasteiger partial charge in [-0.3, -0.25) is 4.79 Å². The van der Waals surface area contributed by atoms with Gasteiger partial charge in [-0.2, -0.15) is 0 Å². The highest BCUT2D eigenvalue weighted by Gasteiger charge is 2.15. The zero-order chi connectivity index (χ0) is 17.1. The van der Waals surface area contributed by atoms with Gasteiger partial charge in [-0.1, -0.05) is 38.1 Å². The normalized spacial score (nSPS) is 11.2. The smallest absolute Gasteiger partial charge is 0.227 e. The minimum Gasteiger partial charge on any atom is -0.338 e. The number of aromatic amines is 1. The number of nitrogens with one attached hydrogen (secondary N) is 2. The third-order valence-corrected chi connectivity index (χ3v) is 4.51. The molecular formula is C20H23N3O. The highest BCUT2D eigenvalue weighted by atomic mass is 16.1. The van der Waals surface area contributed by atoms with Gasteiger partial charge in [0, 0.05) is 17.2 Å². The second kappa shape index (κ2) is 6.87. The van der Waals surface area contributed by atoms with Crippen LogP contribution in [0.1, 0.15) is 32.3 Å². The molecule has 4 heteroatoms. The molecule has 3 aromatic rings. The van der Waals surface area contributed by atoms with Crippen molar-refractivity contribution in [2.75, 3.05) is 5.32 Å². The van der Waals surface area contributed by atoms with Gasteiger partial charge in [0.25, 0.3) is 0 Å². The van der Waals surface area contributed by atoms with E-state index in [2.05, 4.69) is 15.3 Å². The first-order valence-electron chi connectivity index (χ1n) is 8.49. The summed E-state index contributed by atoms with van der Waals surface area (Å²) in [6.45, 7) is 6.10. The van der Waals surface area contributed by atoms with Crippen LogP contribution in [0.3, 0.4) is 0 Å². The first kappa shape index (κ1) is 16.2. The number of aryl methyl sites for hydroxylation is 1. The summed E-state index contributed by atoms with van der Waals surface area (Å²) < 4.78 is 0. The lowest BCUT2D eigenvalue weighted by Crippen LogP contribution is -2.22. The van der Waals surface area contributed by atoms with Gasteiger partial charge in [0.05, 0.1) is 11.0 Å². The fraction of sp³-hybridized carbons (Fsp3) is 0.300. The number of para-hydroxylation sites is 2. The Labute approximate surface area is 142 Å². The fourth-order valence-corrected chi connectivity index (χ4v) is 2.89. The van der Waals surface area contributed by atoms with Crippen molar-refractivity contribution in [1.82, 2.24) is 9.97 Å². The van der Waals surface area contributed by atoms with Crippen molar-refractivity contribution in [2.24, 2.45) is 5.92 Å². The van der Waals surface area contributed by atoms with Gasteiger partial charge in [0.2, 0.25) is 5.91 Å². The summed E-state index contributed by atoms with van der Waals surface area (Å²) in [5.41, 5.74) is 4.82. The van der Waals surface area contributed by atoms with Crippen molar-refractivity contribution in [2.45, 2.75) is 33.6 Å². The number of nitrogens with zero attached hydrogens (tertiary/aromatic N) is 1. The molecule has 0 saturated carbocycles. The lowest BCUT2D eigenvalue weighted by Gasteiger charge is -2.15. The summed E-state index contributed by atoms with van der Waals surface area (Å²) in [6, 6.07) is 14.0. The van der Waals surface area contributed by atoms with E-state index in [1.165, 1.54) is 0 Å². The van der Waals surface area contributed by atoms with Crippen LogP contribution >= 0.6 is 0 Å². The number of H-pyrrole nitrogens is 1. The van der Waals surface area contributed by atoms with E-state index in [0.29, 0.717) is 0 Å². The lowest BCUT2D eigenvalue weighted by atomic mass is 10.0. The number of carbonyl (C=O) groups is 1. The van der Waals surface area contributed by atoms with E-state index in [9.17, 15) is 4.79 Å². The minimum absolute atomic E-state index is 0.0549. The molecule has 0 aliphatic rings. The molecule has 0 saturated heterocycles. The Hall–Kier alpha value is -2.62. The van der Waals surface area contributed by atoms with Crippen molar-refractivity contribution < 1.29 is 4.79 Å². The fourth-order valence-electron chi connectivity index (χ4n) is 2.89. The SMILES string of the molecule is CCC(CC)C(=O)Nc1cc(-c2nc3ccccc3[nH]2)ccc1C. The number of hydrogen-bond acceptors (Lipinski definition) is 2. The number of fused-ring (bicyclic) bond motifs is 1. The van der Waals surface area contributed by atoms with Gasteiger partial charge >= 0.3 is 0 Å². The largest absolute Gasteiger partial charge is 0.338 e. The summed E-state index contributed by atoms with van der Waals surface area (Å²) in [5.74, 6) is 0.957. The van der Waals surface area contributed by atoms with E-state index in [1.807, 2.05) is 63.2 Å². The van der Waals surface area contributed by atoms with Crippen LogP contribution in [-0.4, -0.2) is 15.9 Å². The molecule has 0 unspecified atom stereocenters. The molecule has 3 rings (SSSR count). The molecule has 0 fully saturated rings. The summed E-state index contributed by atoms with van der Waals surface area (Å²) >= 11 is 0. The van der Waals surface area contributed by atoms with E-state index in [1.54, 1.807) is 0 Å². The van der Waals surface area contributed by atoms with Crippen molar-refractivity contribution >= 4 is 22.6 Å². The second-order valence-corrected chi connectivity index (χ2v) is 6.13. The number of amides is 1. The number of imidazole rings is 1. The topological polar surface area (TPSA) is 57.8 Å². The van der Waals surface area contributed by atoms with Crippen LogP contribution in [0.25, 0.3) is 22.4 Å². The summed E-state index contributed by atoms with van der Waals surface area (Å²) in [6.07, 6.45) is 1.70. The number of hydrogen-bond donors (Lipinski definition) is 2. The number of anilines is 1. The van der Waals surface area contributed by atoms with Crippen LogP contribution in [0.5, 0.6) is 0 Å². The second-order valence-electron chi connectivity index (χ2n) is 6.13. The molecule has 24 heavy (non-hydrogen) atoms. The number of aromatic nitrogens is 2. The zero-order valence-electron chi connectivity index (χ0n) is 14.4. The van der Waals surface area contributed by atoms with Crippen LogP contribution in [0, 0.1) is 12.8 Å². The summed E-state index contributed by atoms with van der Waals surface area (Å²) in [7, 11) is 0. The number of carbonyl (C=O) groups excluding carboxylic acids is 1. The maximum absolute atomic E-state index is 12.4. The van der Waals surface area contributed by atoms with Crippen LogP contribution < -0.4 is 5.32 Å². The van der Waals surface area contributed by atoms with Gasteiger partial charge < -0.3 is 10.3 Å². The van der Waals surface area contributed by atoms with Crippen molar-refractivity contribution in [3.63, 3.8) is 0 Å². The van der Waals surface area contributed by atoms with Crippen LogP contribution in [-0.2, 0) is 4.79 Å². The van der Waals surface area contributed by atoms with Crippen molar-refractivity contribution in [1.29, 1.82) is 0 Å². The molecule has 2 N–H and O–H groups in total. The molecule has 124 valence electrons. The molecule has 0 aliphatic carbocycles. The van der Waals surface area contributed by atoms with Gasteiger partial charge in [-0.05, 0) is 43.5 Å². The third-order valence-electron chi connectivity index (χ3n) is 4.51.